The quantitative estimate of drug-likeness (QED) is 0.544. The van der Waals surface area contributed by atoms with Crippen LogP contribution in [-0.4, -0.2) is 26.9 Å². The van der Waals surface area contributed by atoms with Crippen LogP contribution in [0.3, 0.4) is 0 Å². The topological polar surface area (TPSA) is 125 Å². The van der Waals surface area contributed by atoms with Crippen LogP contribution in [0.5, 0.6) is 11.5 Å². The number of amides is 1. The lowest BCUT2D eigenvalue weighted by molar-refractivity contribution is -0.119. The molecule has 0 radical (unpaired) electrons. The zero-order valence-corrected chi connectivity index (χ0v) is 17.4. The Morgan fingerprint density at radius 2 is 1.65 bits per heavy atom. The third-order valence-electron chi connectivity index (χ3n) is 4.16. The first-order chi connectivity index (χ1) is 14.7. The van der Waals surface area contributed by atoms with Crippen LogP contribution < -0.4 is 15.2 Å². The molecule has 0 aliphatic heterocycles. The molecule has 31 heavy (non-hydrogen) atoms. The number of sulfonamides is 1. The first-order valence-electron chi connectivity index (χ1n) is 9.16. The summed E-state index contributed by atoms with van der Waals surface area (Å²) in [4.78, 5) is 24.3. The molecular weight excluding hydrogens is 420 g/mol. The number of rotatable bonds is 7. The number of hydrogen-bond acceptors (Lipinski definition) is 6. The fraction of sp³-hybridized carbons (Fsp3) is 0.0909. The van der Waals surface area contributed by atoms with Crippen molar-refractivity contribution in [1.29, 1.82) is 0 Å². The second kappa shape index (κ2) is 9.41. The van der Waals surface area contributed by atoms with Gasteiger partial charge in [0.1, 0.15) is 11.5 Å². The molecule has 0 aromatic heterocycles. The standard InChI is InChI=1S/C22H20N2O6S/c1-15-10-11-17(13-20(15)31(23,27)28)24-21(25)14-29-22(26)16-6-5-9-19(12-16)30-18-7-3-2-4-8-18/h2-13H,14H2,1H3,(H,24,25)(H2,23,27,28). The monoisotopic (exact) mass is 440 g/mol. The minimum absolute atomic E-state index is 0.0995. The number of carbonyl (C=O) groups excluding carboxylic acids is 2. The lowest BCUT2D eigenvalue weighted by Gasteiger charge is -2.10. The first-order valence-corrected chi connectivity index (χ1v) is 10.7. The molecule has 0 saturated carbocycles. The number of nitrogens with two attached hydrogens (primary N) is 1. The lowest BCUT2D eigenvalue weighted by atomic mass is 10.2. The van der Waals surface area contributed by atoms with Gasteiger partial charge in [0.05, 0.1) is 10.5 Å². The van der Waals surface area contributed by atoms with E-state index >= 15 is 0 Å². The van der Waals surface area contributed by atoms with E-state index < -0.39 is 28.5 Å². The summed E-state index contributed by atoms with van der Waals surface area (Å²) in [7, 11) is -3.93. The molecule has 0 saturated heterocycles. The lowest BCUT2D eigenvalue weighted by Crippen LogP contribution is -2.21. The van der Waals surface area contributed by atoms with Gasteiger partial charge in [0.15, 0.2) is 6.61 Å². The van der Waals surface area contributed by atoms with E-state index in [0.717, 1.165) is 0 Å². The van der Waals surface area contributed by atoms with Gasteiger partial charge in [-0.3, -0.25) is 4.79 Å². The van der Waals surface area contributed by atoms with Crippen LogP contribution in [0.1, 0.15) is 15.9 Å². The first kappa shape index (κ1) is 22.0. The Bertz CT molecular complexity index is 1210. The van der Waals surface area contributed by atoms with E-state index in [1.807, 2.05) is 18.2 Å². The van der Waals surface area contributed by atoms with Crippen LogP contribution >= 0.6 is 0 Å². The van der Waals surface area contributed by atoms with Gasteiger partial charge in [-0.1, -0.05) is 30.3 Å². The molecule has 3 rings (SSSR count). The van der Waals surface area contributed by atoms with Crippen molar-refractivity contribution in [2.75, 3.05) is 11.9 Å². The van der Waals surface area contributed by atoms with E-state index in [2.05, 4.69) is 5.32 Å². The van der Waals surface area contributed by atoms with E-state index in [1.165, 1.54) is 30.3 Å². The smallest absolute Gasteiger partial charge is 0.338 e. The number of nitrogens with one attached hydrogen (secondary N) is 1. The van der Waals surface area contributed by atoms with Gasteiger partial charge in [-0.05, 0) is 55.0 Å². The number of aryl methyl sites for hydroxylation is 1. The highest BCUT2D eigenvalue weighted by atomic mass is 32.2. The molecule has 1 amide bonds. The molecule has 3 aromatic rings. The number of anilines is 1. The number of ether oxygens (including phenoxy) is 2. The predicted octanol–water partition coefficient (Wildman–Crippen LogP) is 3.23. The molecule has 160 valence electrons. The molecule has 0 atom stereocenters. The largest absolute Gasteiger partial charge is 0.457 e. The Labute approximate surface area is 179 Å². The highest BCUT2D eigenvalue weighted by Crippen LogP contribution is 2.22. The van der Waals surface area contributed by atoms with Gasteiger partial charge in [-0.25, -0.2) is 18.4 Å². The van der Waals surface area contributed by atoms with Crippen LogP contribution in [-0.2, 0) is 19.6 Å². The summed E-state index contributed by atoms with van der Waals surface area (Å²) in [6.45, 7) is 1.03. The summed E-state index contributed by atoms with van der Waals surface area (Å²) in [5.74, 6) is -0.276. The van der Waals surface area contributed by atoms with Gasteiger partial charge in [0.2, 0.25) is 10.0 Å². The third-order valence-corrected chi connectivity index (χ3v) is 5.21. The van der Waals surface area contributed by atoms with Gasteiger partial charge in [0, 0.05) is 5.69 Å². The maximum absolute atomic E-state index is 12.3. The SMILES string of the molecule is Cc1ccc(NC(=O)COC(=O)c2cccc(Oc3ccccc3)c2)cc1S(N)(=O)=O. The Morgan fingerprint density at radius 1 is 0.935 bits per heavy atom. The summed E-state index contributed by atoms with van der Waals surface area (Å²) in [6.07, 6.45) is 0. The zero-order chi connectivity index (χ0) is 22.4. The Kier molecular flexibility index (Phi) is 6.68. The van der Waals surface area contributed by atoms with E-state index in [0.29, 0.717) is 17.1 Å². The minimum Gasteiger partial charge on any atom is -0.457 e. The maximum Gasteiger partial charge on any atom is 0.338 e. The van der Waals surface area contributed by atoms with Crippen molar-refractivity contribution in [3.8, 4) is 11.5 Å². The highest BCUT2D eigenvalue weighted by Gasteiger charge is 2.15. The molecule has 0 spiro atoms. The number of para-hydroxylation sites is 1. The molecule has 0 heterocycles. The maximum atomic E-state index is 12.3. The predicted molar refractivity (Wildman–Crippen MR) is 114 cm³/mol. The van der Waals surface area contributed by atoms with Crippen LogP contribution in [0.15, 0.2) is 77.7 Å². The minimum atomic E-state index is -3.93. The van der Waals surface area contributed by atoms with Gasteiger partial charge in [-0.15, -0.1) is 0 Å². The number of hydrogen-bond donors (Lipinski definition) is 2. The number of carbonyl (C=O) groups is 2. The molecule has 0 aliphatic carbocycles. The average molecular weight is 440 g/mol. The molecule has 0 aliphatic rings. The number of benzene rings is 3. The summed E-state index contributed by atoms with van der Waals surface area (Å²) < 4.78 is 33.9. The zero-order valence-electron chi connectivity index (χ0n) is 16.6. The molecule has 0 fully saturated rings. The number of primary sulfonamides is 1. The van der Waals surface area contributed by atoms with Crippen molar-refractivity contribution in [1.82, 2.24) is 0 Å². The van der Waals surface area contributed by atoms with Gasteiger partial charge in [-0.2, -0.15) is 0 Å². The Balaban J connectivity index is 1.60. The van der Waals surface area contributed by atoms with Crippen molar-refractivity contribution in [2.24, 2.45) is 5.14 Å². The average Bonchev–Trinajstić information content (AvgIpc) is 2.73. The van der Waals surface area contributed by atoms with Crippen LogP contribution in [0.2, 0.25) is 0 Å². The second-order valence-corrected chi connectivity index (χ2v) is 8.12. The van der Waals surface area contributed by atoms with Crippen LogP contribution in [0.25, 0.3) is 0 Å². The van der Waals surface area contributed by atoms with Crippen molar-refractivity contribution in [2.45, 2.75) is 11.8 Å². The van der Waals surface area contributed by atoms with Crippen molar-refractivity contribution in [3.63, 3.8) is 0 Å². The van der Waals surface area contributed by atoms with Gasteiger partial charge >= 0.3 is 5.97 Å². The van der Waals surface area contributed by atoms with E-state index in [9.17, 15) is 18.0 Å². The van der Waals surface area contributed by atoms with E-state index in [4.69, 9.17) is 14.6 Å². The normalized spacial score (nSPS) is 10.9. The van der Waals surface area contributed by atoms with Crippen LogP contribution in [0, 0.1) is 6.92 Å². The van der Waals surface area contributed by atoms with Crippen molar-refractivity contribution >= 4 is 27.6 Å². The van der Waals surface area contributed by atoms with Crippen LogP contribution in [0.4, 0.5) is 5.69 Å². The van der Waals surface area contributed by atoms with E-state index in [1.54, 1.807) is 31.2 Å². The molecule has 0 bridgehead atoms. The van der Waals surface area contributed by atoms with Gasteiger partial charge < -0.3 is 14.8 Å². The van der Waals surface area contributed by atoms with Crippen molar-refractivity contribution in [3.05, 3.63) is 83.9 Å². The summed E-state index contributed by atoms with van der Waals surface area (Å²) in [5.41, 5.74) is 0.881. The second-order valence-electron chi connectivity index (χ2n) is 6.59. The van der Waals surface area contributed by atoms with Crippen molar-refractivity contribution < 1.29 is 27.5 Å². The Hall–Kier alpha value is -3.69. The number of esters is 1. The van der Waals surface area contributed by atoms with Gasteiger partial charge in [0.25, 0.3) is 5.91 Å². The summed E-state index contributed by atoms with van der Waals surface area (Å²) in [6, 6.07) is 19.7. The third kappa shape index (κ3) is 6.14. The molecule has 8 nitrogen and oxygen atoms in total. The summed E-state index contributed by atoms with van der Waals surface area (Å²) in [5, 5.41) is 7.63. The van der Waals surface area contributed by atoms with E-state index in [-0.39, 0.29) is 16.1 Å². The Morgan fingerprint density at radius 3 is 2.35 bits per heavy atom. The fourth-order valence-corrected chi connectivity index (χ4v) is 3.52. The molecule has 3 N–H and O–H groups in total. The molecule has 9 heteroatoms. The molecule has 0 unspecified atom stereocenters. The summed E-state index contributed by atoms with van der Waals surface area (Å²) >= 11 is 0. The fourth-order valence-electron chi connectivity index (χ4n) is 2.71. The molecular formula is C22H20N2O6S. The molecule has 3 aromatic carbocycles. The highest BCUT2D eigenvalue weighted by molar-refractivity contribution is 7.89.